The standard InChI is InChI=1S/C14H20N2O/c1-10-5-11(2)7-12(6-10)8-15-9-14(17)16-13-3-4-13/h5-7,13,15H,3-4,8-9H2,1-2H3,(H,16,17). The van der Waals surface area contributed by atoms with Gasteiger partial charge in [-0.05, 0) is 32.3 Å². The second kappa shape index (κ2) is 5.32. The average molecular weight is 232 g/mol. The van der Waals surface area contributed by atoms with Crippen LogP contribution in [0.3, 0.4) is 0 Å². The number of hydrogen-bond acceptors (Lipinski definition) is 2. The molecule has 0 unspecified atom stereocenters. The SMILES string of the molecule is Cc1cc(C)cc(CNCC(=O)NC2CC2)c1. The van der Waals surface area contributed by atoms with Crippen LogP contribution in [0, 0.1) is 13.8 Å². The van der Waals surface area contributed by atoms with E-state index in [1.165, 1.54) is 16.7 Å². The van der Waals surface area contributed by atoms with Crippen LogP contribution >= 0.6 is 0 Å². The van der Waals surface area contributed by atoms with Gasteiger partial charge in [0.1, 0.15) is 0 Å². The topological polar surface area (TPSA) is 41.1 Å². The lowest BCUT2D eigenvalue weighted by Gasteiger charge is -2.07. The summed E-state index contributed by atoms with van der Waals surface area (Å²) in [4.78, 5) is 11.4. The molecule has 1 fully saturated rings. The summed E-state index contributed by atoms with van der Waals surface area (Å²) in [7, 11) is 0. The molecule has 1 aromatic rings. The molecule has 1 aliphatic carbocycles. The van der Waals surface area contributed by atoms with Gasteiger partial charge in [-0.1, -0.05) is 29.3 Å². The van der Waals surface area contributed by atoms with Crippen LogP contribution in [0.5, 0.6) is 0 Å². The molecule has 0 aromatic heterocycles. The molecular weight excluding hydrogens is 212 g/mol. The van der Waals surface area contributed by atoms with Crippen LogP contribution in [0.2, 0.25) is 0 Å². The molecule has 0 heterocycles. The fourth-order valence-electron chi connectivity index (χ4n) is 2.00. The van der Waals surface area contributed by atoms with Crippen molar-refractivity contribution in [2.24, 2.45) is 0 Å². The highest BCUT2D eigenvalue weighted by atomic mass is 16.2. The number of hydrogen-bond donors (Lipinski definition) is 2. The van der Waals surface area contributed by atoms with E-state index in [0.717, 1.165) is 19.4 Å². The van der Waals surface area contributed by atoms with Crippen molar-refractivity contribution >= 4 is 5.91 Å². The van der Waals surface area contributed by atoms with Gasteiger partial charge in [-0.2, -0.15) is 0 Å². The first kappa shape index (κ1) is 12.1. The number of rotatable bonds is 5. The Bertz CT molecular complexity index is 390. The highest BCUT2D eigenvalue weighted by Crippen LogP contribution is 2.18. The molecule has 3 nitrogen and oxygen atoms in total. The van der Waals surface area contributed by atoms with Gasteiger partial charge in [0.25, 0.3) is 0 Å². The summed E-state index contributed by atoms with van der Waals surface area (Å²) < 4.78 is 0. The van der Waals surface area contributed by atoms with Crippen molar-refractivity contribution in [1.29, 1.82) is 0 Å². The van der Waals surface area contributed by atoms with Crippen molar-refractivity contribution in [3.8, 4) is 0 Å². The zero-order chi connectivity index (χ0) is 12.3. The molecule has 17 heavy (non-hydrogen) atoms. The summed E-state index contributed by atoms with van der Waals surface area (Å²) >= 11 is 0. The molecule has 2 N–H and O–H groups in total. The molecule has 1 aliphatic rings. The van der Waals surface area contributed by atoms with Crippen LogP contribution in [0.1, 0.15) is 29.5 Å². The molecule has 92 valence electrons. The number of aryl methyl sites for hydroxylation is 2. The number of benzene rings is 1. The van der Waals surface area contributed by atoms with Gasteiger partial charge >= 0.3 is 0 Å². The van der Waals surface area contributed by atoms with Gasteiger partial charge in [-0.3, -0.25) is 4.79 Å². The first-order valence-electron chi connectivity index (χ1n) is 6.21. The van der Waals surface area contributed by atoms with Crippen LogP contribution in [0.25, 0.3) is 0 Å². The maximum Gasteiger partial charge on any atom is 0.234 e. The van der Waals surface area contributed by atoms with Crippen LogP contribution in [0.4, 0.5) is 0 Å². The Morgan fingerprint density at radius 1 is 1.24 bits per heavy atom. The Hall–Kier alpha value is -1.35. The first-order valence-corrected chi connectivity index (χ1v) is 6.21. The zero-order valence-corrected chi connectivity index (χ0v) is 10.5. The van der Waals surface area contributed by atoms with Crippen LogP contribution in [-0.2, 0) is 11.3 Å². The maximum atomic E-state index is 11.4. The molecule has 0 saturated heterocycles. The molecule has 1 aromatic carbocycles. The van der Waals surface area contributed by atoms with Crippen molar-refractivity contribution in [2.75, 3.05) is 6.54 Å². The van der Waals surface area contributed by atoms with Gasteiger partial charge < -0.3 is 10.6 Å². The number of nitrogens with one attached hydrogen (secondary N) is 2. The number of carbonyl (C=O) groups is 1. The highest BCUT2D eigenvalue weighted by Gasteiger charge is 2.22. The van der Waals surface area contributed by atoms with Crippen molar-refractivity contribution < 1.29 is 4.79 Å². The third-order valence-electron chi connectivity index (χ3n) is 2.84. The van der Waals surface area contributed by atoms with Crippen molar-refractivity contribution in [1.82, 2.24) is 10.6 Å². The lowest BCUT2D eigenvalue weighted by atomic mass is 10.1. The molecule has 2 rings (SSSR count). The highest BCUT2D eigenvalue weighted by molar-refractivity contribution is 5.78. The van der Waals surface area contributed by atoms with Gasteiger partial charge in [-0.25, -0.2) is 0 Å². The van der Waals surface area contributed by atoms with E-state index in [-0.39, 0.29) is 5.91 Å². The normalized spacial score (nSPS) is 14.7. The Labute approximate surface area is 103 Å². The fraction of sp³-hybridized carbons (Fsp3) is 0.500. The minimum atomic E-state index is 0.108. The van der Waals surface area contributed by atoms with Crippen molar-refractivity contribution in [3.63, 3.8) is 0 Å². The maximum absolute atomic E-state index is 11.4. The van der Waals surface area contributed by atoms with Crippen LogP contribution < -0.4 is 10.6 Å². The molecule has 1 amide bonds. The fourth-order valence-corrected chi connectivity index (χ4v) is 2.00. The Morgan fingerprint density at radius 2 is 1.88 bits per heavy atom. The lowest BCUT2D eigenvalue weighted by Crippen LogP contribution is -2.34. The van der Waals surface area contributed by atoms with Gasteiger partial charge in [0.05, 0.1) is 6.54 Å². The van der Waals surface area contributed by atoms with Gasteiger partial charge in [0.15, 0.2) is 0 Å². The smallest absolute Gasteiger partial charge is 0.234 e. The predicted octanol–water partition coefficient (Wildman–Crippen LogP) is 1.67. The van der Waals surface area contributed by atoms with E-state index in [2.05, 4.69) is 42.7 Å². The molecule has 0 aliphatic heterocycles. The summed E-state index contributed by atoms with van der Waals surface area (Å²) in [6.07, 6.45) is 2.28. The first-order chi connectivity index (χ1) is 8.13. The van der Waals surface area contributed by atoms with Gasteiger partial charge in [-0.15, -0.1) is 0 Å². The molecule has 1 saturated carbocycles. The summed E-state index contributed by atoms with van der Waals surface area (Å²) in [5.41, 5.74) is 3.77. The van der Waals surface area contributed by atoms with E-state index in [0.29, 0.717) is 12.6 Å². The van der Waals surface area contributed by atoms with Crippen molar-refractivity contribution in [2.45, 2.75) is 39.3 Å². The van der Waals surface area contributed by atoms with E-state index >= 15 is 0 Å². The van der Waals surface area contributed by atoms with Crippen LogP contribution in [0.15, 0.2) is 18.2 Å². The Morgan fingerprint density at radius 3 is 2.47 bits per heavy atom. The quantitative estimate of drug-likeness (QED) is 0.811. The molecular formula is C14H20N2O. The third-order valence-corrected chi connectivity index (χ3v) is 2.84. The second-order valence-electron chi connectivity index (χ2n) is 4.94. The van der Waals surface area contributed by atoms with E-state index in [9.17, 15) is 4.79 Å². The summed E-state index contributed by atoms with van der Waals surface area (Å²) in [5, 5.41) is 6.14. The zero-order valence-electron chi connectivity index (χ0n) is 10.5. The Kier molecular flexibility index (Phi) is 3.79. The summed E-state index contributed by atoms with van der Waals surface area (Å²) in [5.74, 6) is 0.108. The monoisotopic (exact) mass is 232 g/mol. The minimum Gasteiger partial charge on any atom is -0.352 e. The van der Waals surface area contributed by atoms with Crippen LogP contribution in [-0.4, -0.2) is 18.5 Å². The third kappa shape index (κ3) is 4.19. The van der Waals surface area contributed by atoms with Gasteiger partial charge in [0.2, 0.25) is 5.91 Å². The predicted molar refractivity (Wildman–Crippen MR) is 68.8 cm³/mol. The number of carbonyl (C=O) groups excluding carboxylic acids is 1. The molecule has 0 radical (unpaired) electrons. The Balaban J connectivity index is 1.74. The van der Waals surface area contributed by atoms with E-state index < -0.39 is 0 Å². The molecule has 0 bridgehead atoms. The minimum absolute atomic E-state index is 0.108. The molecule has 3 heteroatoms. The summed E-state index contributed by atoms with van der Waals surface area (Å²) in [6, 6.07) is 6.91. The molecule has 0 spiro atoms. The number of amides is 1. The van der Waals surface area contributed by atoms with Crippen molar-refractivity contribution in [3.05, 3.63) is 34.9 Å². The lowest BCUT2D eigenvalue weighted by molar-refractivity contribution is -0.120. The largest absolute Gasteiger partial charge is 0.352 e. The van der Waals surface area contributed by atoms with E-state index in [1.807, 2.05) is 0 Å². The second-order valence-corrected chi connectivity index (χ2v) is 4.94. The van der Waals surface area contributed by atoms with Gasteiger partial charge in [0, 0.05) is 12.6 Å². The average Bonchev–Trinajstić information content (AvgIpc) is 3.00. The summed E-state index contributed by atoms with van der Waals surface area (Å²) in [6.45, 7) is 5.34. The van der Waals surface area contributed by atoms with E-state index in [4.69, 9.17) is 0 Å². The van der Waals surface area contributed by atoms with E-state index in [1.54, 1.807) is 0 Å². The molecule has 0 atom stereocenters.